The largest absolute Gasteiger partial charge is 0.380 e. The van der Waals surface area contributed by atoms with Gasteiger partial charge in [-0.25, -0.2) is 9.37 Å². The molecular weight excluding hydrogens is 335 g/mol. The molecule has 1 heterocycles. The van der Waals surface area contributed by atoms with Crippen LogP contribution in [0.4, 0.5) is 4.39 Å². The van der Waals surface area contributed by atoms with Crippen molar-refractivity contribution in [2.24, 2.45) is 0 Å². The van der Waals surface area contributed by atoms with Crippen LogP contribution >= 0.6 is 27.5 Å². The van der Waals surface area contributed by atoms with Crippen LogP contribution < -0.4 is 0 Å². The topological polar surface area (TPSA) is 27.1 Å². The third-order valence-corrected chi connectivity index (χ3v) is 3.77. The number of ether oxygens (including phenoxy) is 1. The summed E-state index contributed by atoms with van der Waals surface area (Å²) in [5.74, 6) is 0.682. The molecule has 1 unspecified atom stereocenters. The molecule has 0 saturated heterocycles. The minimum absolute atomic E-state index is 0.0936. The third kappa shape index (κ3) is 2.93. The second kappa shape index (κ2) is 6.20. The Morgan fingerprint density at radius 1 is 1.53 bits per heavy atom. The van der Waals surface area contributed by atoms with Gasteiger partial charge >= 0.3 is 0 Å². The van der Waals surface area contributed by atoms with Crippen molar-refractivity contribution in [3.63, 3.8) is 0 Å². The number of fused-ring (bicyclic) bond motifs is 1. The Hall–Kier alpha value is -0.650. The summed E-state index contributed by atoms with van der Waals surface area (Å²) < 4.78 is 21.4. The number of nitrogens with zero attached hydrogens (tertiary/aromatic N) is 2. The van der Waals surface area contributed by atoms with E-state index in [0.29, 0.717) is 23.2 Å². The van der Waals surface area contributed by atoms with Crippen LogP contribution in [0.25, 0.3) is 11.0 Å². The van der Waals surface area contributed by atoms with Crippen molar-refractivity contribution in [3.05, 3.63) is 28.2 Å². The number of hydrogen-bond donors (Lipinski definition) is 0. The molecule has 2 aromatic rings. The van der Waals surface area contributed by atoms with Crippen LogP contribution in [0.5, 0.6) is 0 Å². The molecule has 1 atom stereocenters. The molecule has 0 spiro atoms. The van der Waals surface area contributed by atoms with Gasteiger partial charge in [-0.05, 0) is 35.8 Å². The maximum Gasteiger partial charge on any atom is 0.139 e. The molecule has 6 heteroatoms. The summed E-state index contributed by atoms with van der Waals surface area (Å²) in [5.41, 5.74) is 1.47. The molecule has 1 aromatic heterocycles. The number of alkyl halides is 1. The number of halogens is 3. The fourth-order valence-electron chi connectivity index (χ4n) is 2.09. The summed E-state index contributed by atoms with van der Waals surface area (Å²) in [6.07, 6.45) is 0. The smallest absolute Gasteiger partial charge is 0.139 e. The second-order valence-electron chi connectivity index (χ2n) is 4.30. The fourth-order valence-corrected chi connectivity index (χ4v) is 2.61. The lowest BCUT2D eigenvalue weighted by Crippen LogP contribution is -2.14. The van der Waals surface area contributed by atoms with E-state index in [-0.39, 0.29) is 17.7 Å². The zero-order valence-corrected chi connectivity index (χ0v) is 13.1. The van der Waals surface area contributed by atoms with Gasteiger partial charge in [0.2, 0.25) is 0 Å². The Kier molecular flexibility index (Phi) is 4.81. The van der Waals surface area contributed by atoms with Crippen molar-refractivity contribution in [1.29, 1.82) is 0 Å². The van der Waals surface area contributed by atoms with Crippen LogP contribution in [0.3, 0.4) is 0 Å². The van der Waals surface area contributed by atoms with Crippen LogP contribution in [-0.4, -0.2) is 22.8 Å². The van der Waals surface area contributed by atoms with Gasteiger partial charge in [0.25, 0.3) is 0 Å². The molecule has 0 aliphatic carbocycles. The first kappa shape index (κ1) is 14.8. The molecular formula is C13H15BrClFN2O. The molecule has 0 aliphatic heterocycles. The average Bonchev–Trinajstić information content (AvgIpc) is 2.74. The quantitative estimate of drug-likeness (QED) is 0.754. The summed E-state index contributed by atoms with van der Waals surface area (Å²) in [4.78, 5) is 4.38. The van der Waals surface area contributed by atoms with E-state index >= 15 is 0 Å². The summed E-state index contributed by atoms with van der Waals surface area (Å²) >= 11 is 9.13. The first-order valence-corrected chi connectivity index (χ1v) is 7.40. The molecule has 2 rings (SSSR count). The highest BCUT2D eigenvalue weighted by Gasteiger charge is 2.17. The van der Waals surface area contributed by atoms with Crippen molar-refractivity contribution in [2.45, 2.75) is 25.8 Å². The fraction of sp³-hybridized carbons (Fsp3) is 0.462. The molecule has 0 radical (unpaired) electrons. The Labute approximate surface area is 124 Å². The minimum atomic E-state index is -0.323. The SMILES string of the molecule is CCOCC(C)n1c(CCl)nc2cc(F)c(Br)cc21. The van der Waals surface area contributed by atoms with Gasteiger partial charge in [0.1, 0.15) is 11.6 Å². The van der Waals surface area contributed by atoms with Gasteiger partial charge in [-0.15, -0.1) is 11.6 Å². The maximum atomic E-state index is 13.5. The Morgan fingerprint density at radius 3 is 2.89 bits per heavy atom. The van der Waals surface area contributed by atoms with Crippen molar-refractivity contribution in [2.75, 3.05) is 13.2 Å². The van der Waals surface area contributed by atoms with Crippen LogP contribution in [0.1, 0.15) is 25.7 Å². The predicted molar refractivity (Wildman–Crippen MR) is 78.2 cm³/mol. The predicted octanol–water partition coefficient (Wildman–Crippen LogP) is 4.27. The Morgan fingerprint density at radius 2 is 2.26 bits per heavy atom. The molecule has 3 nitrogen and oxygen atoms in total. The van der Waals surface area contributed by atoms with E-state index in [9.17, 15) is 4.39 Å². The van der Waals surface area contributed by atoms with Crippen LogP contribution in [0.15, 0.2) is 16.6 Å². The molecule has 0 amide bonds. The molecule has 0 saturated carbocycles. The van der Waals surface area contributed by atoms with Crippen LogP contribution in [0, 0.1) is 5.82 Å². The van der Waals surface area contributed by atoms with Crippen LogP contribution in [-0.2, 0) is 10.6 Å². The Balaban J connectivity index is 2.53. The van der Waals surface area contributed by atoms with E-state index in [1.54, 1.807) is 6.07 Å². The lowest BCUT2D eigenvalue weighted by Gasteiger charge is -2.16. The summed E-state index contributed by atoms with van der Waals surface area (Å²) in [7, 11) is 0. The van der Waals surface area contributed by atoms with E-state index in [2.05, 4.69) is 20.9 Å². The molecule has 0 N–H and O–H groups in total. The highest BCUT2D eigenvalue weighted by Crippen LogP contribution is 2.27. The van der Waals surface area contributed by atoms with Crippen molar-refractivity contribution in [1.82, 2.24) is 9.55 Å². The number of aromatic nitrogens is 2. The number of imidazole rings is 1. The Bertz CT molecular complexity index is 588. The molecule has 19 heavy (non-hydrogen) atoms. The van der Waals surface area contributed by atoms with E-state index in [1.807, 2.05) is 18.4 Å². The maximum absolute atomic E-state index is 13.5. The van der Waals surface area contributed by atoms with Gasteiger partial charge in [0.15, 0.2) is 0 Å². The standard InChI is InChI=1S/C13H15BrClFN2O/c1-3-19-7-8(2)18-12-4-9(14)10(16)5-11(12)17-13(18)6-15/h4-5,8H,3,6-7H2,1-2H3. The highest BCUT2D eigenvalue weighted by molar-refractivity contribution is 9.10. The zero-order valence-electron chi connectivity index (χ0n) is 10.8. The number of benzene rings is 1. The van der Waals surface area contributed by atoms with E-state index in [0.717, 1.165) is 11.3 Å². The lowest BCUT2D eigenvalue weighted by molar-refractivity contribution is 0.119. The summed E-state index contributed by atoms with van der Waals surface area (Å²) in [6, 6.07) is 3.24. The second-order valence-corrected chi connectivity index (χ2v) is 5.42. The van der Waals surface area contributed by atoms with E-state index in [4.69, 9.17) is 16.3 Å². The molecule has 0 aliphatic rings. The van der Waals surface area contributed by atoms with Gasteiger partial charge < -0.3 is 9.30 Å². The average molecular weight is 350 g/mol. The minimum Gasteiger partial charge on any atom is -0.380 e. The first-order chi connectivity index (χ1) is 9.08. The third-order valence-electron chi connectivity index (χ3n) is 2.93. The first-order valence-electron chi connectivity index (χ1n) is 6.08. The van der Waals surface area contributed by atoms with Crippen molar-refractivity contribution in [3.8, 4) is 0 Å². The van der Waals surface area contributed by atoms with E-state index in [1.165, 1.54) is 6.07 Å². The lowest BCUT2D eigenvalue weighted by atomic mass is 10.2. The number of hydrogen-bond acceptors (Lipinski definition) is 2. The molecule has 0 fully saturated rings. The van der Waals surface area contributed by atoms with Crippen LogP contribution in [0.2, 0.25) is 0 Å². The molecule has 1 aromatic carbocycles. The van der Waals surface area contributed by atoms with Gasteiger partial charge in [0.05, 0.1) is 34.0 Å². The van der Waals surface area contributed by atoms with Gasteiger partial charge in [0, 0.05) is 12.7 Å². The van der Waals surface area contributed by atoms with E-state index < -0.39 is 0 Å². The van der Waals surface area contributed by atoms with Gasteiger partial charge in [-0.1, -0.05) is 0 Å². The molecule has 0 bridgehead atoms. The van der Waals surface area contributed by atoms with Gasteiger partial charge in [-0.3, -0.25) is 0 Å². The normalized spacial score (nSPS) is 13.1. The summed E-state index contributed by atoms with van der Waals surface area (Å²) in [5, 5.41) is 0. The van der Waals surface area contributed by atoms with Gasteiger partial charge in [-0.2, -0.15) is 0 Å². The monoisotopic (exact) mass is 348 g/mol. The zero-order chi connectivity index (χ0) is 14.0. The number of rotatable bonds is 5. The molecule has 104 valence electrons. The van der Waals surface area contributed by atoms with Crippen molar-refractivity contribution >= 4 is 38.6 Å². The highest BCUT2D eigenvalue weighted by atomic mass is 79.9. The summed E-state index contributed by atoms with van der Waals surface area (Å²) in [6.45, 7) is 5.21. The van der Waals surface area contributed by atoms with Crippen molar-refractivity contribution < 1.29 is 9.13 Å².